The highest BCUT2D eigenvalue weighted by Crippen LogP contribution is 2.40. The maximum atomic E-state index is 13.2. The van der Waals surface area contributed by atoms with E-state index in [0.717, 1.165) is 23.4 Å². The van der Waals surface area contributed by atoms with Gasteiger partial charge >= 0.3 is 0 Å². The van der Waals surface area contributed by atoms with Crippen LogP contribution in [0.15, 0.2) is 71.1 Å². The fourth-order valence-corrected chi connectivity index (χ4v) is 3.92. The van der Waals surface area contributed by atoms with Gasteiger partial charge in [0.25, 0.3) is 0 Å². The molecule has 0 spiro atoms. The third kappa shape index (κ3) is 2.83. The van der Waals surface area contributed by atoms with Crippen molar-refractivity contribution in [2.24, 2.45) is 5.10 Å². The molecule has 1 aliphatic heterocycles. The Morgan fingerprint density at radius 2 is 1.83 bits per heavy atom. The lowest BCUT2D eigenvalue weighted by atomic mass is 10.0. The lowest BCUT2D eigenvalue weighted by Gasteiger charge is -2.23. The molecule has 0 saturated carbocycles. The number of benzene rings is 2. The summed E-state index contributed by atoms with van der Waals surface area (Å²) >= 11 is 8.09. The maximum absolute atomic E-state index is 13.2. The fraction of sp³-hybridized carbons (Fsp3) is 0.105. The second-order valence-corrected chi connectivity index (χ2v) is 6.97. The molecule has 5 heteroatoms. The van der Waals surface area contributed by atoms with Crippen LogP contribution in [-0.4, -0.2) is 5.71 Å². The number of hydrogen-bond acceptors (Lipinski definition) is 3. The number of hydrogen-bond donors (Lipinski definition) is 0. The van der Waals surface area contributed by atoms with Crippen molar-refractivity contribution in [1.82, 2.24) is 0 Å². The largest absolute Gasteiger partial charge is 0.255 e. The van der Waals surface area contributed by atoms with Gasteiger partial charge in [-0.05, 0) is 41.3 Å². The predicted octanol–water partition coefficient (Wildman–Crippen LogP) is 5.90. The van der Waals surface area contributed by atoms with Crippen molar-refractivity contribution in [3.8, 4) is 0 Å². The van der Waals surface area contributed by atoms with Crippen molar-refractivity contribution >= 4 is 34.3 Å². The van der Waals surface area contributed by atoms with Gasteiger partial charge in [0, 0.05) is 11.3 Å². The van der Waals surface area contributed by atoms with Crippen molar-refractivity contribution < 1.29 is 4.39 Å². The normalized spacial score (nSPS) is 17.2. The molecule has 0 N–H and O–H groups in total. The SMILES string of the molecule is Fc1ccc(C2=NN(c3ccccc3Cl)C(c3cccs3)C2)cc1. The topological polar surface area (TPSA) is 15.6 Å². The van der Waals surface area contributed by atoms with Crippen LogP contribution in [0.1, 0.15) is 22.9 Å². The van der Waals surface area contributed by atoms with Crippen LogP contribution in [0.5, 0.6) is 0 Å². The second kappa shape index (κ2) is 6.38. The highest BCUT2D eigenvalue weighted by molar-refractivity contribution is 7.10. The van der Waals surface area contributed by atoms with Crippen LogP contribution in [0, 0.1) is 5.82 Å². The molecule has 2 nitrogen and oxygen atoms in total. The number of thiophene rings is 1. The van der Waals surface area contributed by atoms with E-state index >= 15 is 0 Å². The molecule has 4 rings (SSSR count). The Balaban J connectivity index is 1.77. The molecule has 0 radical (unpaired) electrons. The van der Waals surface area contributed by atoms with Crippen molar-refractivity contribution in [2.75, 3.05) is 5.01 Å². The molecule has 1 aliphatic rings. The van der Waals surface area contributed by atoms with Crippen LogP contribution in [0.2, 0.25) is 5.02 Å². The van der Waals surface area contributed by atoms with Gasteiger partial charge in [-0.25, -0.2) is 4.39 Å². The Morgan fingerprint density at radius 3 is 2.54 bits per heavy atom. The fourth-order valence-electron chi connectivity index (χ4n) is 2.89. The Kier molecular flexibility index (Phi) is 4.08. The predicted molar refractivity (Wildman–Crippen MR) is 98.5 cm³/mol. The van der Waals surface area contributed by atoms with Gasteiger partial charge in [0.2, 0.25) is 0 Å². The van der Waals surface area contributed by atoms with Crippen LogP contribution in [0.3, 0.4) is 0 Å². The summed E-state index contributed by atoms with van der Waals surface area (Å²) in [5, 5.41) is 9.52. The van der Waals surface area contributed by atoms with E-state index in [2.05, 4.69) is 11.4 Å². The Hall–Kier alpha value is -2.17. The van der Waals surface area contributed by atoms with Crippen molar-refractivity contribution in [1.29, 1.82) is 0 Å². The first-order chi connectivity index (χ1) is 11.7. The first-order valence-electron chi connectivity index (χ1n) is 7.63. The van der Waals surface area contributed by atoms with Crippen molar-refractivity contribution in [2.45, 2.75) is 12.5 Å². The van der Waals surface area contributed by atoms with Gasteiger partial charge in [0.1, 0.15) is 5.82 Å². The van der Waals surface area contributed by atoms with Crippen LogP contribution >= 0.6 is 22.9 Å². The van der Waals surface area contributed by atoms with Gasteiger partial charge in [-0.3, -0.25) is 5.01 Å². The highest BCUT2D eigenvalue weighted by Gasteiger charge is 2.31. The van der Waals surface area contributed by atoms with Crippen LogP contribution in [-0.2, 0) is 0 Å². The first-order valence-corrected chi connectivity index (χ1v) is 8.89. The zero-order valence-electron chi connectivity index (χ0n) is 12.7. The van der Waals surface area contributed by atoms with Gasteiger partial charge in [-0.15, -0.1) is 11.3 Å². The standard InChI is InChI=1S/C19H14ClFN2S/c20-15-4-1-2-5-17(15)23-18(19-6-3-11-24-19)12-16(22-23)13-7-9-14(21)10-8-13/h1-11,18H,12H2. The minimum absolute atomic E-state index is 0.102. The van der Waals surface area contributed by atoms with Crippen LogP contribution in [0.25, 0.3) is 0 Å². The zero-order chi connectivity index (χ0) is 16.5. The number of hydrazone groups is 1. The summed E-state index contributed by atoms with van der Waals surface area (Å²) in [6.07, 6.45) is 0.761. The number of para-hydroxylation sites is 1. The first kappa shape index (κ1) is 15.4. The average Bonchev–Trinajstić information content (AvgIpc) is 3.25. The van der Waals surface area contributed by atoms with E-state index in [0.29, 0.717) is 5.02 Å². The van der Waals surface area contributed by atoms with Gasteiger partial charge < -0.3 is 0 Å². The molecule has 3 aromatic rings. The summed E-state index contributed by atoms with van der Waals surface area (Å²) in [4.78, 5) is 1.23. The minimum Gasteiger partial charge on any atom is -0.255 e. The summed E-state index contributed by atoms with van der Waals surface area (Å²) < 4.78 is 13.2. The van der Waals surface area contributed by atoms with Gasteiger partial charge in [-0.2, -0.15) is 5.10 Å². The Bertz CT molecular complexity index is 875. The Labute approximate surface area is 148 Å². The van der Waals surface area contributed by atoms with Crippen LogP contribution < -0.4 is 5.01 Å². The van der Waals surface area contributed by atoms with E-state index in [1.807, 2.05) is 35.3 Å². The lowest BCUT2D eigenvalue weighted by molar-refractivity contribution is 0.627. The monoisotopic (exact) mass is 356 g/mol. The Morgan fingerprint density at radius 1 is 1.04 bits per heavy atom. The molecule has 24 heavy (non-hydrogen) atoms. The molecule has 2 heterocycles. The summed E-state index contributed by atoms with van der Waals surface area (Å²) in [6.45, 7) is 0. The highest BCUT2D eigenvalue weighted by atomic mass is 35.5. The number of halogens is 2. The molecule has 0 amide bonds. The van der Waals surface area contributed by atoms with Crippen molar-refractivity contribution in [3.63, 3.8) is 0 Å². The number of nitrogens with zero attached hydrogens (tertiary/aromatic N) is 2. The smallest absolute Gasteiger partial charge is 0.123 e. The van der Waals surface area contributed by atoms with E-state index in [1.165, 1.54) is 17.0 Å². The van der Waals surface area contributed by atoms with E-state index in [9.17, 15) is 4.39 Å². The molecule has 0 fully saturated rings. The minimum atomic E-state index is -0.241. The van der Waals surface area contributed by atoms with E-state index < -0.39 is 0 Å². The third-order valence-corrected chi connectivity index (χ3v) is 5.35. The molecule has 120 valence electrons. The number of rotatable bonds is 3. The zero-order valence-corrected chi connectivity index (χ0v) is 14.3. The summed E-state index contributed by atoms with van der Waals surface area (Å²) in [7, 11) is 0. The summed E-state index contributed by atoms with van der Waals surface area (Å²) in [5.41, 5.74) is 2.76. The summed E-state index contributed by atoms with van der Waals surface area (Å²) in [6, 6.07) is 18.4. The molecular weight excluding hydrogens is 343 g/mol. The molecular formula is C19H14ClFN2S. The molecule has 1 aromatic heterocycles. The molecule has 0 aliphatic carbocycles. The number of anilines is 1. The van der Waals surface area contributed by atoms with Gasteiger partial charge in [-0.1, -0.05) is 41.9 Å². The van der Waals surface area contributed by atoms with Gasteiger partial charge in [0.15, 0.2) is 0 Å². The summed E-state index contributed by atoms with van der Waals surface area (Å²) in [5.74, 6) is -0.241. The van der Waals surface area contributed by atoms with Crippen LogP contribution in [0.4, 0.5) is 10.1 Å². The lowest BCUT2D eigenvalue weighted by Crippen LogP contribution is -2.17. The quantitative estimate of drug-likeness (QED) is 0.570. The molecule has 0 bridgehead atoms. The molecule has 1 atom stereocenters. The molecule has 1 unspecified atom stereocenters. The maximum Gasteiger partial charge on any atom is 0.123 e. The average molecular weight is 357 g/mol. The van der Waals surface area contributed by atoms with Crippen molar-refractivity contribution in [3.05, 3.63) is 87.3 Å². The van der Waals surface area contributed by atoms with E-state index in [1.54, 1.807) is 23.5 Å². The molecule has 2 aromatic carbocycles. The van der Waals surface area contributed by atoms with Gasteiger partial charge in [0.05, 0.1) is 22.5 Å². The van der Waals surface area contributed by atoms with E-state index in [-0.39, 0.29) is 11.9 Å². The third-order valence-electron chi connectivity index (χ3n) is 4.06. The second-order valence-electron chi connectivity index (χ2n) is 5.58. The molecule has 0 saturated heterocycles. The van der Waals surface area contributed by atoms with E-state index in [4.69, 9.17) is 16.7 Å².